The Labute approximate surface area is 197 Å². The lowest BCUT2D eigenvalue weighted by Crippen LogP contribution is -2.13. The molecule has 3 aromatic rings. The molecule has 0 saturated carbocycles. The second-order valence-electron chi connectivity index (χ2n) is 7.32. The molecule has 8 heteroatoms. The fourth-order valence-electron chi connectivity index (χ4n) is 3.12. The molecular formula is C26H26FNO6. The van der Waals surface area contributed by atoms with E-state index >= 15 is 0 Å². The van der Waals surface area contributed by atoms with E-state index in [0.29, 0.717) is 22.8 Å². The van der Waals surface area contributed by atoms with E-state index in [2.05, 4.69) is 5.16 Å². The molecule has 0 heterocycles. The summed E-state index contributed by atoms with van der Waals surface area (Å²) in [5.41, 5.74) is 2.71. The third kappa shape index (κ3) is 7.23. The fourth-order valence-corrected chi connectivity index (χ4v) is 3.12. The van der Waals surface area contributed by atoms with Gasteiger partial charge in [-0.25, -0.2) is 4.39 Å². The lowest BCUT2D eigenvalue weighted by atomic mass is 10.1. The van der Waals surface area contributed by atoms with Crippen molar-refractivity contribution in [3.63, 3.8) is 0 Å². The van der Waals surface area contributed by atoms with Crippen LogP contribution in [0.5, 0.6) is 17.2 Å². The van der Waals surface area contributed by atoms with Crippen LogP contribution in [0, 0.1) is 5.82 Å². The van der Waals surface area contributed by atoms with Gasteiger partial charge in [0, 0.05) is 18.1 Å². The smallest absolute Gasteiger partial charge is 0.303 e. The molecule has 0 amide bonds. The average Bonchev–Trinajstić information content (AvgIpc) is 2.85. The van der Waals surface area contributed by atoms with E-state index in [-0.39, 0.29) is 26.1 Å². The van der Waals surface area contributed by atoms with Gasteiger partial charge in [0.1, 0.15) is 49.1 Å². The van der Waals surface area contributed by atoms with E-state index < -0.39 is 11.8 Å². The van der Waals surface area contributed by atoms with Crippen molar-refractivity contribution >= 4 is 11.7 Å². The zero-order valence-electron chi connectivity index (χ0n) is 19.0. The number of carboxylic acids is 1. The van der Waals surface area contributed by atoms with Crippen molar-refractivity contribution in [3.05, 3.63) is 89.2 Å². The highest BCUT2D eigenvalue weighted by atomic mass is 19.1. The predicted octanol–water partition coefficient (Wildman–Crippen LogP) is 4.86. The molecule has 0 aromatic heterocycles. The minimum absolute atomic E-state index is 0.121. The molecule has 0 atom stereocenters. The maximum atomic E-state index is 14.1. The SMILES string of the molecule is CON=C(COc1ccc(COc2ccc(CCC(=O)O)c(F)c2)cc1)c1ccc(OC)cc1. The summed E-state index contributed by atoms with van der Waals surface area (Å²) in [7, 11) is 3.09. The molecule has 34 heavy (non-hydrogen) atoms. The number of benzene rings is 3. The molecule has 0 radical (unpaired) electrons. The summed E-state index contributed by atoms with van der Waals surface area (Å²) >= 11 is 0. The van der Waals surface area contributed by atoms with Crippen LogP contribution < -0.4 is 14.2 Å². The Morgan fingerprint density at radius 1 is 0.912 bits per heavy atom. The van der Waals surface area contributed by atoms with Gasteiger partial charge in [-0.3, -0.25) is 4.79 Å². The van der Waals surface area contributed by atoms with Crippen LogP contribution in [0.2, 0.25) is 0 Å². The zero-order chi connectivity index (χ0) is 24.3. The van der Waals surface area contributed by atoms with E-state index in [1.54, 1.807) is 19.2 Å². The predicted molar refractivity (Wildman–Crippen MR) is 125 cm³/mol. The Morgan fingerprint density at radius 2 is 1.59 bits per heavy atom. The van der Waals surface area contributed by atoms with E-state index in [1.807, 2.05) is 48.5 Å². The first-order chi connectivity index (χ1) is 16.5. The van der Waals surface area contributed by atoms with Crippen LogP contribution >= 0.6 is 0 Å². The number of rotatable bonds is 12. The van der Waals surface area contributed by atoms with Crippen molar-refractivity contribution in [2.75, 3.05) is 20.8 Å². The number of oxime groups is 1. The number of nitrogens with zero attached hydrogens (tertiary/aromatic N) is 1. The van der Waals surface area contributed by atoms with Crippen LogP contribution in [-0.4, -0.2) is 37.6 Å². The topological polar surface area (TPSA) is 86.6 Å². The molecule has 178 valence electrons. The number of ether oxygens (including phenoxy) is 3. The standard InChI is InChI=1S/C26H26FNO6/c1-31-21-11-6-20(7-12-21)25(28-32-2)17-34-22-9-3-18(4-10-22)16-33-23-13-5-19(24(27)15-23)8-14-26(29)30/h3-7,9-13,15H,8,14,16-17H2,1-2H3,(H,29,30). The number of aliphatic carboxylic acids is 1. The highest BCUT2D eigenvalue weighted by molar-refractivity contribution is 6.01. The monoisotopic (exact) mass is 467 g/mol. The first kappa shape index (κ1) is 24.6. The molecule has 3 aromatic carbocycles. The highest BCUT2D eigenvalue weighted by Gasteiger charge is 2.09. The molecule has 0 unspecified atom stereocenters. The lowest BCUT2D eigenvalue weighted by Gasteiger charge is -2.11. The lowest BCUT2D eigenvalue weighted by molar-refractivity contribution is -0.136. The Morgan fingerprint density at radius 3 is 2.21 bits per heavy atom. The maximum Gasteiger partial charge on any atom is 0.303 e. The minimum atomic E-state index is -0.963. The molecule has 1 N–H and O–H groups in total. The number of hydrogen-bond donors (Lipinski definition) is 1. The van der Waals surface area contributed by atoms with Gasteiger partial charge in [0.25, 0.3) is 0 Å². The number of carbonyl (C=O) groups is 1. The van der Waals surface area contributed by atoms with E-state index in [4.69, 9.17) is 24.2 Å². The van der Waals surface area contributed by atoms with Crippen LogP contribution in [0.1, 0.15) is 23.1 Å². The molecular weight excluding hydrogens is 441 g/mol. The third-order valence-electron chi connectivity index (χ3n) is 4.96. The van der Waals surface area contributed by atoms with Gasteiger partial charge in [-0.15, -0.1) is 0 Å². The van der Waals surface area contributed by atoms with Gasteiger partial charge in [0.05, 0.1) is 7.11 Å². The van der Waals surface area contributed by atoms with Gasteiger partial charge in [0.2, 0.25) is 0 Å². The van der Waals surface area contributed by atoms with Crippen molar-refractivity contribution in [3.8, 4) is 17.2 Å². The summed E-state index contributed by atoms with van der Waals surface area (Å²) in [5, 5.41) is 12.8. The van der Waals surface area contributed by atoms with Crippen LogP contribution in [0.15, 0.2) is 71.9 Å². The summed E-state index contributed by atoms with van der Waals surface area (Å²) < 4.78 is 30.8. The maximum absolute atomic E-state index is 14.1. The first-order valence-corrected chi connectivity index (χ1v) is 10.6. The Bertz CT molecular complexity index is 1110. The summed E-state index contributed by atoms with van der Waals surface area (Å²) in [6.45, 7) is 0.458. The Kier molecular flexibility index (Phi) is 8.85. The van der Waals surface area contributed by atoms with Crippen LogP contribution in [0.3, 0.4) is 0 Å². The van der Waals surface area contributed by atoms with Gasteiger partial charge in [-0.1, -0.05) is 23.4 Å². The van der Waals surface area contributed by atoms with Crippen molar-refractivity contribution in [2.24, 2.45) is 5.16 Å². The number of carboxylic acid groups (broad SMARTS) is 1. The number of aryl methyl sites for hydroxylation is 1. The largest absolute Gasteiger partial charge is 0.497 e. The van der Waals surface area contributed by atoms with E-state index in [0.717, 1.165) is 16.9 Å². The molecule has 0 aliphatic heterocycles. The number of hydrogen-bond acceptors (Lipinski definition) is 6. The second-order valence-corrected chi connectivity index (χ2v) is 7.32. The van der Waals surface area contributed by atoms with Crippen molar-refractivity contribution in [2.45, 2.75) is 19.4 Å². The van der Waals surface area contributed by atoms with E-state index in [1.165, 1.54) is 13.2 Å². The molecule has 0 aliphatic carbocycles. The fraction of sp³-hybridized carbons (Fsp3) is 0.231. The molecule has 7 nitrogen and oxygen atoms in total. The Balaban J connectivity index is 1.53. The quantitative estimate of drug-likeness (QED) is 0.302. The second kappa shape index (κ2) is 12.2. The number of halogens is 1. The van der Waals surface area contributed by atoms with Gasteiger partial charge >= 0.3 is 5.97 Å². The van der Waals surface area contributed by atoms with Gasteiger partial charge in [-0.2, -0.15) is 0 Å². The van der Waals surface area contributed by atoms with Crippen molar-refractivity contribution in [1.29, 1.82) is 0 Å². The number of methoxy groups -OCH3 is 1. The van der Waals surface area contributed by atoms with Crippen LogP contribution in [0.25, 0.3) is 0 Å². The molecule has 0 spiro atoms. The molecule has 3 rings (SSSR count). The summed E-state index contributed by atoms with van der Waals surface area (Å²) in [4.78, 5) is 15.6. The highest BCUT2D eigenvalue weighted by Crippen LogP contribution is 2.20. The minimum Gasteiger partial charge on any atom is -0.497 e. The van der Waals surface area contributed by atoms with Crippen molar-refractivity contribution < 1.29 is 33.3 Å². The molecule has 0 bridgehead atoms. The summed E-state index contributed by atoms with van der Waals surface area (Å²) in [5.74, 6) is 0.325. The van der Waals surface area contributed by atoms with Crippen molar-refractivity contribution in [1.82, 2.24) is 0 Å². The van der Waals surface area contributed by atoms with Gasteiger partial charge in [0.15, 0.2) is 0 Å². The first-order valence-electron chi connectivity index (χ1n) is 10.6. The molecule has 0 saturated heterocycles. The Hall–Kier alpha value is -4.07. The average molecular weight is 467 g/mol. The van der Waals surface area contributed by atoms with E-state index in [9.17, 15) is 9.18 Å². The summed E-state index contributed by atoms with van der Waals surface area (Å²) in [6, 6.07) is 19.2. The molecule has 0 fully saturated rings. The third-order valence-corrected chi connectivity index (χ3v) is 4.96. The van der Waals surface area contributed by atoms with Crippen LogP contribution in [0.4, 0.5) is 4.39 Å². The zero-order valence-corrected chi connectivity index (χ0v) is 19.0. The molecule has 0 aliphatic rings. The van der Waals surface area contributed by atoms with Gasteiger partial charge in [-0.05, 0) is 60.0 Å². The van der Waals surface area contributed by atoms with Gasteiger partial charge < -0.3 is 24.2 Å². The van der Waals surface area contributed by atoms with Crippen LogP contribution in [-0.2, 0) is 22.7 Å². The normalized spacial score (nSPS) is 11.1. The summed E-state index contributed by atoms with van der Waals surface area (Å²) in [6.07, 6.45) is 0.0165.